The molecule has 0 atom stereocenters. The lowest BCUT2D eigenvalue weighted by molar-refractivity contribution is 0.385. The van der Waals surface area contributed by atoms with E-state index >= 15 is 0 Å². The van der Waals surface area contributed by atoms with Crippen LogP contribution in [0, 0.1) is 0 Å². The van der Waals surface area contributed by atoms with Gasteiger partial charge in [-0.05, 0) is 44.1 Å². The van der Waals surface area contributed by atoms with Gasteiger partial charge in [0.25, 0.3) is 0 Å². The van der Waals surface area contributed by atoms with E-state index in [2.05, 4.69) is 49.4 Å². The molecule has 3 aromatic heterocycles. The van der Waals surface area contributed by atoms with Gasteiger partial charge >= 0.3 is 0 Å². The Hall–Kier alpha value is -3.52. The minimum absolute atomic E-state index is 0.0116. The van der Waals surface area contributed by atoms with Crippen LogP contribution in [0.2, 0.25) is 0 Å². The summed E-state index contributed by atoms with van der Waals surface area (Å²) in [6.07, 6.45) is 9.09. The van der Waals surface area contributed by atoms with Crippen molar-refractivity contribution in [1.82, 2.24) is 29.4 Å². The maximum atomic E-state index is 13.4. The van der Waals surface area contributed by atoms with Crippen molar-refractivity contribution in [2.24, 2.45) is 0 Å². The number of nitrogens with one attached hydrogen (secondary N) is 1. The number of rotatable bonds is 7. The van der Waals surface area contributed by atoms with Gasteiger partial charge < -0.3 is 14.8 Å². The van der Waals surface area contributed by atoms with Crippen LogP contribution in [0.4, 0.5) is 5.69 Å². The third kappa shape index (κ3) is 4.13. The summed E-state index contributed by atoms with van der Waals surface area (Å²) in [5, 5.41) is 12.1. The van der Waals surface area contributed by atoms with Crippen LogP contribution in [0.15, 0.2) is 59.9 Å². The zero-order valence-electron chi connectivity index (χ0n) is 18.4. The number of aromatic nitrogens is 5. The highest BCUT2D eigenvalue weighted by atomic mass is 16.1. The molecule has 8 heteroatoms. The van der Waals surface area contributed by atoms with Gasteiger partial charge in [0.05, 0.1) is 30.0 Å². The van der Waals surface area contributed by atoms with Crippen LogP contribution in [0.25, 0.3) is 11.0 Å². The van der Waals surface area contributed by atoms with Crippen LogP contribution in [-0.2, 0) is 25.9 Å². The maximum absolute atomic E-state index is 13.4. The van der Waals surface area contributed by atoms with Crippen molar-refractivity contribution in [3.63, 3.8) is 0 Å². The molecule has 1 aliphatic rings. The zero-order chi connectivity index (χ0) is 22.1. The summed E-state index contributed by atoms with van der Waals surface area (Å²) in [4.78, 5) is 20.2. The maximum Gasteiger partial charge on any atom is 0.196 e. The lowest BCUT2D eigenvalue weighted by Crippen LogP contribution is -2.24. The fraction of sp³-hybridized carbons (Fsp3) is 0.333. The molecule has 4 aromatic rings. The van der Waals surface area contributed by atoms with Crippen LogP contribution in [-0.4, -0.2) is 56.1 Å². The largest absolute Gasteiger partial charge is 0.380 e. The van der Waals surface area contributed by atoms with E-state index in [0.717, 1.165) is 31.6 Å². The summed E-state index contributed by atoms with van der Waals surface area (Å²) in [7, 11) is 4.08. The highest BCUT2D eigenvalue weighted by Gasteiger charge is 2.21. The molecule has 5 rings (SSSR count). The highest BCUT2D eigenvalue weighted by molar-refractivity contribution is 5.79. The van der Waals surface area contributed by atoms with Crippen LogP contribution in [0.3, 0.4) is 0 Å². The van der Waals surface area contributed by atoms with Crippen molar-refractivity contribution in [3.05, 3.63) is 82.0 Å². The molecule has 0 saturated heterocycles. The van der Waals surface area contributed by atoms with E-state index in [9.17, 15) is 4.79 Å². The average molecular weight is 430 g/mol. The third-order valence-corrected chi connectivity index (χ3v) is 6.00. The van der Waals surface area contributed by atoms with Crippen LogP contribution in [0.1, 0.15) is 16.7 Å². The van der Waals surface area contributed by atoms with Crippen molar-refractivity contribution >= 4 is 16.7 Å². The lowest BCUT2D eigenvalue weighted by atomic mass is 10.1. The molecule has 0 saturated carbocycles. The summed E-state index contributed by atoms with van der Waals surface area (Å²) in [5.41, 5.74) is 5.03. The van der Waals surface area contributed by atoms with E-state index < -0.39 is 0 Å². The van der Waals surface area contributed by atoms with Crippen molar-refractivity contribution in [2.45, 2.75) is 32.0 Å². The first-order valence-corrected chi connectivity index (χ1v) is 10.9. The Morgan fingerprint density at radius 3 is 2.66 bits per heavy atom. The van der Waals surface area contributed by atoms with Gasteiger partial charge in [-0.25, -0.2) is 9.67 Å². The Morgan fingerprint density at radius 2 is 1.97 bits per heavy atom. The molecule has 164 valence electrons. The molecule has 0 amide bonds. The number of hydrogen-bond acceptors (Lipinski definition) is 6. The topological polar surface area (TPSA) is 80.9 Å². The fourth-order valence-electron chi connectivity index (χ4n) is 4.39. The monoisotopic (exact) mass is 429 g/mol. The van der Waals surface area contributed by atoms with Gasteiger partial charge in [0.15, 0.2) is 5.43 Å². The van der Waals surface area contributed by atoms with Gasteiger partial charge in [-0.15, -0.1) is 5.10 Å². The first kappa shape index (κ1) is 20.4. The smallest absolute Gasteiger partial charge is 0.196 e. The SMILES string of the molecule is CN(C)CCn1cc(Cn2ccnn2)c(=O)c2cc(NC3Cc4ccccc4C3)cnc21. The highest BCUT2D eigenvalue weighted by Crippen LogP contribution is 2.25. The van der Waals surface area contributed by atoms with Gasteiger partial charge in [0.1, 0.15) is 5.65 Å². The van der Waals surface area contributed by atoms with Gasteiger partial charge in [0.2, 0.25) is 0 Å². The molecule has 0 spiro atoms. The quantitative estimate of drug-likeness (QED) is 0.485. The van der Waals surface area contributed by atoms with E-state index in [1.165, 1.54) is 11.1 Å². The third-order valence-electron chi connectivity index (χ3n) is 6.00. The molecule has 32 heavy (non-hydrogen) atoms. The van der Waals surface area contributed by atoms with Crippen molar-refractivity contribution in [1.29, 1.82) is 0 Å². The van der Waals surface area contributed by atoms with Crippen molar-refractivity contribution < 1.29 is 0 Å². The number of nitrogens with zero attached hydrogens (tertiary/aromatic N) is 6. The molecule has 0 aliphatic heterocycles. The van der Waals surface area contributed by atoms with E-state index in [1.54, 1.807) is 17.1 Å². The van der Waals surface area contributed by atoms with Crippen molar-refractivity contribution in [3.8, 4) is 0 Å². The number of pyridine rings is 2. The van der Waals surface area contributed by atoms with Gasteiger partial charge in [-0.2, -0.15) is 0 Å². The molecule has 1 aliphatic carbocycles. The predicted octanol–water partition coefficient (Wildman–Crippen LogP) is 2.18. The fourth-order valence-corrected chi connectivity index (χ4v) is 4.39. The Balaban J connectivity index is 1.49. The second-order valence-electron chi connectivity index (χ2n) is 8.69. The normalized spacial score (nSPS) is 13.7. The minimum atomic E-state index is -0.0116. The molecule has 1 N–H and O–H groups in total. The van der Waals surface area contributed by atoms with Crippen LogP contribution >= 0.6 is 0 Å². The Bertz CT molecular complexity index is 1270. The molecular weight excluding hydrogens is 402 g/mol. The van der Waals surface area contributed by atoms with Gasteiger partial charge in [0, 0.05) is 37.1 Å². The number of likely N-dealkylation sites (N-methyl/N-ethyl adjacent to an activating group) is 1. The number of anilines is 1. The standard InChI is InChI=1S/C24H27N7O/c1-29(2)9-10-30-15-19(16-31-8-7-26-28-31)23(32)22-13-21(14-25-24(22)30)27-20-11-17-5-3-4-6-18(17)12-20/h3-8,13-15,20,27H,9-12,16H2,1-2H3. The summed E-state index contributed by atoms with van der Waals surface area (Å²) in [5.74, 6) is 0. The van der Waals surface area contributed by atoms with Gasteiger partial charge in [-0.3, -0.25) is 4.79 Å². The summed E-state index contributed by atoms with van der Waals surface area (Å²) < 4.78 is 3.74. The minimum Gasteiger partial charge on any atom is -0.380 e. The number of fused-ring (bicyclic) bond motifs is 2. The first-order chi connectivity index (χ1) is 15.6. The predicted molar refractivity (Wildman–Crippen MR) is 125 cm³/mol. The average Bonchev–Trinajstić information content (AvgIpc) is 3.44. The molecule has 1 aromatic carbocycles. The molecule has 3 heterocycles. The molecule has 0 unspecified atom stereocenters. The van der Waals surface area contributed by atoms with E-state index in [1.807, 2.05) is 32.6 Å². The van der Waals surface area contributed by atoms with E-state index in [4.69, 9.17) is 4.98 Å². The molecular formula is C24H27N7O. The summed E-state index contributed by atoms with van der Waals surface area (Å²) in [6, 6.07) is 10.8. The first-order valence-electron chi connectivity index (χ1n) is 10.9. The van der Waals surface area contributed by atoms with E-state index in [0.29, 0.717) is 29.2 Å². The molecule has 8 nitrogen and oxygen atoms in total. The molecule has 0 radical (unpaired) electrons. The summed E-state index contributed by atoms with van der Waals surface area (Å²) in [6.45, 7) is 1.97. The van der Waals surface area contributed by atoms with E-state index in [-0.39, 0.29) is 5.43 Å². The van der Waals surface area contributed by atoms with Crippen LogP contribution in [0.5, 0.6) is 0 Å². The van der Waals surface area contributed by atoms with Gasteiger partial charge in [-0.1, -0.05) is 29.5 Å². The second kappa shape index (κ2) is 8.55. The lowest BCUT2D eigenvalue weighted by Gasteiger charge is -2.17. The zero-order valence-corrected chi connectivity index (χ0v) is 18.4. The number of benzene rings is 1. The Kier molecular flexibility index (Phi) is 5.45. The number of hydrogen-bond donors (Lipinski definition) is 1. The van der Waals surface area contributed by atoms with Crippen LogP contribution < -0.4 is 10.7 Å². The molecule has 0 bridgehead atoms. The summed E-state index contributed by atoms with van der Waals surface area (Å²) >= 11 is 0. The van der Waals surface area contributed by atoms with Crippen molar-refractivity contribution in [2.75, 3.05) is 26.0 Å². The second-order valence-corrected chi connectivity index (χ2v) is 8.69. The molecule has 0 fully saturated rings. The Labute approximate surface area is 186 Å². The Morgan fingerprint density at radius 1 is 1.19 bits per heavy atom.